The number of halogens is 1. The van der Waals surface area contributed by atoms with E-state index >= 15 is 0 Å². The molecule has 0 atom stereocenters. The molecule has 1 heterocycles. The molecule has 33 heavy (non-hydrogen) atoms. The van der Waals surface area contributed by atoms with Crippen LogP contribution in [-0.2, 0) is 16.1 Å². The Hall–Kier alpha value is -4.04. The summed E-state index contributed by atoms with van der Waals surface area (Å²) in [6.45, 7) is 1.86. The number of hydrogen-bond acceptors (Lipinski definition) is 4. The largest absolute Gasteiger partial charge is 0.322 e. The first-order valence-electron chi connectivity index (χ1n) is 10.3. The predicted octanol–water partition coefficient (Wildman–Crippen LogP) is 4.29. The summed E-state index contributed by atoms with van der Waals surface area (Å²) >= 11 is 0. The number of aromatic nitrogens is 2. The Morgan fingerprint density at radius 2 is 1.76 bits per heavy atom. The Labute approximate surface area is 190 Å². The number of hydrogen-bond donors (Lipinski definition) is 1. The molecular formula is C25H23FN4O3. The van der Waals surface area contributed by atoms with Crippen LogP contribution in [0.5, 0.6) is 0 Å². The molecule has 168 valence electrons. The molecule has 4 aromatic rings. The van der Waals surface area contributed by atoms with Gasteiger partial charge in [-0.25, -0.2) is 14.4 Å². The van der Waals surface area contributed by atoms with Crippen molar-refractivity contribution >= 4 is 28.5 Å². The molecule has 0 aliphatic carbocycles. The topological polar surface area (TPSA) is 76.5 Å². The van der Waals surface area contributed by atoms with Gasteiger partial charge < -0.3 is 5.32 Å². The zero-order valence-corrected chi connectivity index (χ0v) is 18.5. The van der Waals surface area contributed by atoms with E-state index < -0.39 is 0 Å². The third-order valence-corrected chi connectivity index (χ3v) is 5.36. The summed E-state index contributed by atoms with van der Waals surface area (Å²) in [6.07, 6.45) is 0.196. The molecule has 0 aliphatic rings. The van der Waals surface area contributed by atoms with Crippen molar-refractivity contribution in [3.63, 3.8) is 0 Å². The van der Waals surface area contributed by atoms with Crippen LogP contribution >= 0.6 is 0 Å². The van der Waals surface area contributed by atoms with Crippen molar-refractivity contribution in [2.45, 2.75) is 13.3 Å². The molecule has 0 saturated heterocycles. The van der Waals surface area contributed by atoms with E-state index in [1.54, 1.807) is 61.6 Å². The number of imidazole rings is 1. The molecule has 0 aliphatic heterocycles. The molecule has 1 aromatic heterocycles. The second kappa shape index (κ2) is 9.22. The van der Waals surface area contributed by atoms with Crippen LogP contribution in [0.4, 0.5) is 10.1 Å². The molecule has 0 bridgehead atoms. The van der Waals surface area contributed by atoms with Crippen molar-refractivity contribution in [2.75, 3.05) is 19.5 Å². The first-order chi connectivity index (χ1) is 15.9. The van der Waals surface area contributed by atoms with E-state index in [4.69, 9.17) is 4.84 Å². The van der Waals surface area contributed by atoms with Crippen molar-refractivity contribution in [1.29, 1.82) is 0 Å². The van der Waals surface area contributed by atoms with Crippen LogP contribution in [0.25, 0.3) is 16.7 Å². The third-order valence-electron chi connectivity index (χ3n) is 5.36. The molecule has 2 amide bonds. The zero-order chi connectivity index (χ0) is 23.5. The third kappa shape index (κ3) is 4.75. The maximum Gasteiger partial charge on any atom is 0.255 e. The summed E-state index contributed by atoms with van der Waals surface area (Å²) in [7, 11) is 2.99. The summed E-state index contributed by atoms with van der Waals surface area (Å²) in [5.74, 6) is -0.0274. The van der Waals surface area contributed by atoms with Crippen molar-refractivity contribution in [3.05, 3.63) is 89.5 Å². The number of carbonyl (C=O) groups excluding carboxylic acids is 2. The molecule has 0 radical (unpaired) electrons. The van der Waals surface area contributed by atoms with Gasteiger partial charge in [-0.3, -0.25) is 19.0 Å². The normalized spacial score (nSPS) is 10.9. The summed E-state index contributed by atoms with van der Waals surface area (Å²) in [5, 5.41) is 4.04. The number of aryl methyl sites for hydroxylation is 1. The highest BCUT2D eigenvalue weighted by Crippen LogP contribution is 2.23. The lowest BCUT2D eigenvalue weighted by molar-refractivity contribution is -0.167. The van der Waals surface area contributed by atoms with Gasteiger partial charge in [0, 0.05) is 24.0 Å². The minimum Gasteiger partial charge on any atom is -0.322 e. The van der Waals surface area contributed by atoms with Crippen molar-refractivity contribution < 1.29 is 18.8 Å². The molecular weight excluding hydrogens is 423 g/mol. The molecule has 0 saturated carbocycles. The van der Waals surface area contributed by atoms with Gasteiger partial charge in [-0.1, -0.05) is 12.1 Å². The van der Waals surface area contributed by atoms with E-state index in [-0.39, 0.29) is 24.1 Å². The Kier molecular flexibility index (Phi) is 6.19. The van der Waals surface area contributed by atoms with E-state index in [0.29, 0.717) is 11.3 Å². The molecule has 4 rings (SSSR count). The number of likely N-dealkylation sites (N-methyl/N-ethyl adjacent to an activating group) is 1. The van der Waals surface area contributed by atoms with Crippen molar-refractivity contribution in [1.82, 2.24) is 14.6 Å². The highest BCUT2D eigenvalue weighted by Gasteiger charge is 2.14. The average Bonchev–Trinajstić information content (AvgIpc) is 3.15. The summed E-state index contributed by atoms with van der Waals surface area (Å²) in [4.78, 5) is 34.3. The minimum absolute atomic E-state index is 0.171. The fourth-order valence-electron chi connectivity index (χ4n) is 3.55. The van der Waals surface area contributed by atoms with Gasteiger partial charge in [0.05, 0.1) is 24.6 Å². The fraction of sp³-hybridized carbons (Fsp3) is 0.160. The minimum atomic E-state index is -0.318. The number of nitrogens with zero attached hydrogens (tertiary/aromatic N) is 3. The summed E-state index contributed by atoms with van der Waals surface area (Å²) in [6, 6.07) is 18.5. The van der Waals surface area contributed by atoms with Crippen LogP contribution in [0.1, 0.15) is 21.7 Å². The first kappa shape index (κ1) is 22.2. The van der Waals surface area contributed by atoms with E-state index in [1.807, 2.05) is 11.5 Å². The van der Waals surface area contributed by atoms with Gasteiger partial charge in [0.1, 0.15) is 11.6 Å². The van der Waals surface area contributed by atoms with Gasteiger partial charge in [-0.05, 0) is 67.1 Å². The Morgan fingerprint density at radius 1 is 1.06 bits per heavy atom. The van der Waals surface area contributed by atoms with Crippen LogP contribution in [0.3, 0.4) is 0 Å². The highest BCUT2D eigenvalue weighted by atomic mass is 19.1. The number of benzene rings is 3. The molecule has 1 N–H and O–H groups in total. The number of hydroxylamine groups is 2. The number of nitrogens with one attached hydrogen (secondary N) is 1. The second-order valence-electron chi connectivity index (χ2n) is 7.58. The van der Waals surface area contributed by atoms with Gasteiger partial charge in [-0.15, -0.1) is 0 Å². The smallest absolute Gasteiger partial charge is 0.255 e. The summed E-state index contributed by atoms with van der Waals surface area (Å²) < 4.78 is 15.2. The fourth-order valence-corrected chi connectivity index (χ4v) is 3.55. The molecule has 7 nitrogen and oxygen atoms in total. The van der Waals surface area contributed by atoms with Crippen LogP contribution in [0.2, 0.25) is 0 Å². The quantitative estimate of drug-likeness (QED) is 0.449. The van der Waals surface area contributed by atoms with Gasteiger partial charge in [0.2, 0.25) is 5.91 Å². The van der Waals surface area contributed by atoms with E-state index in [2.05, 4.69) is 10.3 Å². The van der Waals surface area contributed by atoms with Gasteiger partial charge in [0.25, 0.3) is 5.91 Å². The van der Waals surface area contributed by atoms with Crippen molar-refractivity contribution in [2.24, 2.45) is 0 Å². The zero-order valence-electron chi connectivity index (χ0n) is 18.5. The number of anilines is 1. The molecule has 8 heteroatoms. The lowest BCUT2D eigenvalue weighted by Gasteiger charge is -2.13. The van der Waals surface area contributed by atoms with Crippen molar-refractivity contribution in [3.8, 4) is 5.69 Å². The van der Waals surface area contributed by atoms with Gasteiger partial charge >= 0.3 is 0 Å². The Morgan fingerprint density at radius 3 is 2.42 bits per heavy atom. The number of rotatable bonds is 6. The number of fused-ring (bicyclic) bond motifs is 1. The van der Waals surface area contributed by atoms with Crippen LogP contribution < -0.4 is 5.32 Å². The van der Waals surface area contributed by atoms with E-state index in [9.17, 15) is 14.0 Å². The van der Waals surface area contributed by atoms with Gasteiger partial charge in [0.15, 0.2) is 0 Å². The predicted molar refractivity (Wildman–Crippen MR) is 124 cm³/mol. The number of amides is 2. The SMILES string of the molecule is CON(C)C(=O)Cc1ccc(NC(=O)c2ccc3nc(C)n(-c4ccc(F)cc4)c3c2)cc1. The molecule has 0 unspecified atom stereocenters. The monoisotopic (exact) mass is 446 g/mol. The molecule has 0 fully saturated rings. The maximum absolute atomic E-state index is 13.4. The van der Waals surface area contributed by atoms with Crippen LogP contribution in [0, 0.1) is 12.7 Å². The number of carbonyl (C=O) groups is 2. The van der Waals surface area contributed by atoms with Gasteiger partial charge in [-0.2, -0.15) is 0 Å². The molecule has 3 aromatic carbocycles. The van der Waals surface area contributed by atoms with E-state index in [1.165, 1.54) is 24.3 Å². The average molecular weight is 446 g/mol. The Balaban J connectivity index is 1.54. The maximum atomic E-state index is 13.4. The first-order valence-corrected chi connectivity index (χ1v) is 10.3. The second-order valence-corrected chi connectivity index (χ2v) is 7.58. The lowest BCUT2D eigenvalue weighted by atomic mass is 10.1. The molecule has 0 spiro atoms. The van der Waals surface area contributed by atoms with E-state index in [0.717, 1.165) is 28.1 Å². The summed E-state index contributed by atoms with van der Waals surface area (Å²) in [5.41, 5.74) is 4.14. The van der Waals surface area contributed by atoms with Crippen LogP contribution in [-0.4, -0.2) is 40.6 Å². The Bertz CT molecular complexity index is 1310. The lowest BCUT2D eigenvalue weighted by Crippen LogP contribution is -2.26. The van der Waals surface area contributed by atoms with Crippen LogP contribution in [0.15, 0.2) is 66.7 Å². The standard InChI is InChI=1S/C25H23FN4O3/c1-16-27-22-13-6-18(15-23(22)30(16)21-11-7-19(26)8-12-21)25(32)28-20-9-4-17(5-10-20)14-24(31)29(2)33-3/h4-13,15H,14H2,1-3H3,(H,28,32). The highest BCUT2D eigenvalue weighted by molar-refractivity contribution is 6.06.